The number of carbonyl (C=O) groups is 1. The summed E-state index contributed by atoms with van der Waals surface area (Å²) < 4.78 is 5.39. The van der Waals surface area contributed by atoms with Crippen LogP contribution in [0.2, 0.25) is 0 Å². The average molecular weight is 459 g/mol. The molecule has 5 nitrogen and oxygen atoms in total. The van der Waals surface area contributed by atoms with Crippen molar-refractivity contribution in [1.82, 2.24) is 9.80 Å². The zero-order valence-electron chi connectivity index (χ0n) is 20.0. The van der Waals surface area contributed by atoms with Crippen molar-refractivity contribution in [2.45, 2.75) is 50.1 Å². The number of hydrogen-bond acceptors (Lipinski definition) is 4. The number of fused-ring (bicyclic) bond motifs is 1. The molecule has 3 fully saturated rings. The average Bonchev–Trinajstić information content (AvgIpc) is 2.81. The molecule has 2 aromatic carbocycles. The number of carbonyl (C=O) groups excluding carboxylic acids is 1. The molecule has 0 radical (unpaired) electrons. The van der Waals surface area contributed by atoms with Gasteiger partial charge in [0, 0.05) is 42.6 Å². The van der Waals surface area contributed by atoms with Crippen LogP contribution >= 0.6 is 0 Å². The van der Waals surface area contributed by atoms with Crippen LogP contribution in [-0.4, -0.2) is 66.2 Å². The molecule has 1 saturated carbocycles. The minimum Gasteiger partial charge on any atom is -0.495 e. The lowest BCUT2D eigenvalue weighted by Gasteiger charge is -2.57. The largest absolute Gasteiger partial charge is 0.495 e. The molecule has 0 aromatic heterocycles. The molecule has 3 atom stereocenters. The first-order valence-corrected chi connectivity index (χ1v) is 12.6. The van der Waals surface area contributed by atoms with Crippen molar-refractivity contribution in [3.05, 3.63) is 65.2 Å². The number of ether oxygens (including phenoxy) is 1. The van der Waals surface area contributed by atoms with Gasteiger partial charge in [-0.15, -0.1) is 0 Å². The molecule has 178 valence electrons. The number of amides is 1. The lowest BCUT2D eigenvalue weighted by Crippen LogP contribution is -2.68. The molecule has 0 unspecified atom stereocenters. The summed E-state index contributed by atoms with van der Waals surface area (Å²) in [5, 5.41) is 10.2. The van der Waals surface area contributed by atoms with Crippen LogP contribution in [0.3, 0.4) is 0 Å². The number of methoxy groups -OCH3 is 1. The lowest BCUT2D eigenvalue weighted by molar-refractivity contribution is -0.143. The molecule has 2 saturated heterocycles. The van der Waals surface area contributed by atoms with E-state index in [-0.39, 0.29) is 30.5 Å². The SMILES string of the molecule is COc1ccccc1C#Cc1ccc([C@@H]2[C@@H](CO)N3CCCCN(C(=O)C4CCC4)C[C@@H]23)cc1. The van der Waals surface area contributed by atoms with E-state index in [9.17, 15) is 9.90 Å². The number of aliphatic hydroxyl groups is 1. The van der Waals surface area contributed by atoms with Gasteiger partial charge < -0.3 is 14.7 Å². The van der Waals surface area contributed by atoms with Gasteiger partial charge in [0.25, 0.3) is 0 Å². The molecular formula is C29H34N2O3. The summed E-state index contributed by atoms with van der Waals surface area (Å²) in [6, 6.07) is 16.6. The highest BCUT2D eigenvalue weighted by Crippen LogP contribution is 2.42. The van der Waals surface area contributed by atoms with Crippen LogP contribution in [0.5, 0.6) is 5.75 Å². The van der Waals surface area contributed by atoms with Gasteiger partial charge in [-0.2, -0.15) is 0 Å². The third-order valence-corrected chi connectivity index (χ3v) is 7.88. The molecule has 3 aliphatic rings. The second-order valence-electron chi connectivity index (χ2n) is 9.77. The van der Waals surface area contributed by atoms with Gasteiger partial charge in [0.2, 0.25) is 5.91 Å². The Morgan fingerprint density at radius 3 is 2.50 bits per heavy atom. The number of nitrogens with zero attached hydrogens (tertiary/aromatic N) is 2. The smallest absolute Gasteiger partial charge is 0.225 e. The Kier molecular flexibility index (Phi) is 6.89. The minimum absolute atomic E-state index is 0.120. The van der Waals surface area contributed by atoms with Gasteiger partial charge in [-0.1, -0.05) is 42.5 Å². The van der Waals surface area contributed by atoms with E-state index < -0.39 is 0 Å². The van der Waals surface area contributed by atoms with Crippen LogP contribution in [0, 0.1) is 17.8 Å². The molecule has 1 amide bonds. The highest BCUT2D eigenvalue weighted by atomic mass is 16.5. The normalized spacial score (nSPS) is 25.0. The standard InChI is InChI=1S/C29H34N2O3/c1-34-27-10-3-2-7-22(27)14-11-21-12-15-23(16-13-21)28-25-19-30(29(33)24-8-6-9-24)17-4-5-18-31(25)26(28)20-32/h2-3,7,10,12-13,15-16,24-26,28,32H,4-6,8-9,17-20H2,1H3/t25-,26+,28-/m0/s1. The van der Waals surface area contributed by atoms with Gasteiger partial charge >= 0.3 is 0 Å². The van der Waals surface area contributed by atoms with Crippen molar-refractivity contribution >= 4 is 5.91 Å². The van der Waals surface area contributed by atoms with Crippen LogP contribution < -0.4 is 4.74 Å². The summed E-state index contributed by atoms with van der Waals surface area (Å²) in [4.78, 5) is 17.6. The first-order valence-electron chi connectivity index (χ1n) is 12.6. The van der Waals surface area contributed by atoms with Crippen molar-refractivity contribution in [3.8, 4) is 17.6 Å². The Morgan fingerprint density at radius 1 is 1.03 bits per heavy atom. The summed E-state index contributed by atoms with van der Waals surface area (Å²) >= 11 is 0. The first kappa shape index (κ1) is 23.0. The number of benzene rings is 2. The number of aliphatic hydroxyl groups excluding tert-OH is 1. The molecular weight excluding hydrogens is 424 g/mol. The summed E-state index contributed by atoms with van der Waals surface area (Å²) in [6.07, 6.45) is 5.39. The molecule has 5 heteroatoms. The zero-order chi connectivity index (χ0) is 23.5. The maximum atomic E-state index is 13.0. The maximum Gasteiger partial charge on any atom is 0.225 e. The molecule has 2 aliphatic heterocycles. The molecule has 0 bridgehead atoms. The number of hydrogen-bond donors (Lipinski definition) is 1. The topological polar surface area (TPSA) is 53.0 Å². The second kappa shape index (κ2) is 10.2. The Morgan fingerprint density at radius 2 is 1.79 bits per heavy atom. The highest BCUT2D eigenvalue weighted by Gasteiger charge is 2.49. The Balaban J connectivity index is 1.33. The zero-order valence-corrected chi connectivity index (χ0v) is 20.0. The quantitative estimate of drug-likeness (QED) is 0.711. The summed E-state index contributed by atoms with van der Waals surface area (Å²) in [5.74, 6) is 8.05. The van der Waals surface area contributed by atoms with Gasteiger partial charge in [-0.05, 0) is 62.1 Å². The van der Waals surface area contributed by atoms with Crippen LogP contribution in [0.1, 0.15) is 54.7 Å². The lowest BCUT2D eigenvalue weighted by atomic mass is 9.74. The van der Waals surface area contributed by atoms with E-state index >= 15 is 0 Å². The van der Waals surface area contributed by atoms with Crippen molar-refractivity contribution in [1.29, 1.82) is 0 Å². The third-order valence-electron chi connectivity index (χ3n) is 7.88. The van der Waals surface area contributed by atoms with E-state index in [2.05, 4.69) is 45.9 Å². The van der Waals surface area contributed by atoms with Crippen LogP contribution in [-0.2, 0) is 4.79 Å². The van der Waals surface area contributed by atoms with Crippen molar-refractivity contribution in [2.75, 3.05) is 33.4 Å². The highest BCUT2D eigenvalue weighted by molar-refractivity contribution is 5.79. The second-order valence-corrected chi connectivity index (χ2v) is 9.77. The predicted molar refractivity (Wildman–Crippen MR) is 133 cm³/mol. The number of para-hydroxylation sites is 1. The van der Waals surface area contributed by atoms with E-state index in [0.717, 1.165) is 62.2 Å². The van der Waals surface area contributed by atoms with Crippen LogP contribution in [0.15, 0.2) is 48.5 Å². The van der Waals surface area contributed by atoms with E-state index in [1.165, 1.54) is 12.0 Å². The van der Waals surface area contributed by atoms with E-state index in [1.807, 2.05) is 24.3 Å². The van der Waals surface area contributed by atoms with Gasteiger partial charge in [0.15, 0.2) is 0 Å². The molecule has 2 aromatic rings. The van der Waals surface area contributed by atoms with Crippen molar-refractivity contribution in [2.24, 2.45) is 5.92 Å². The predicted octanol–water partition coefficient (Wildman–Crippen LogP) is 3.65. The van der Waals surface area contributed by atoms with E-state index in [1.54, 1.807) is 7.11 Å². The van der Waals surface area contributed by atoms with Gasteiger partial charge in [0.05, 0.1) is 19.3 Å². The Labute approximate surface area is 202 Å². The first-order chi connectivity index (χ1) is 16.7. The Hall–Kier alpha value is -2.81. The molecule has 0 spiro atoms. The van der Waals surface area contributed by atoms with Crippen LogP contribution in [0.4, 0.5) is 0 Å². The maximum absolute atomic E-state index is 13.0. The Bertz CT molecular complexity index is 1070. The molecule has 34 heavy (non-hydrogen) atoms. The monoisotopic (exact) mass is 458 g/mol. The molecule has 2 heterocycles. The fourth-order valence-corrected chi connectivity index (χ4v) is 5.73. The van der Waals surface area contributed by atoms with Gasteiger partial charge in [-0.25, -0.2) is 0 Å². The summed E-state index contributed by atoms with van der Waals surface area (Å²) in [6.45, 7) is 2.78. The van der Waals surface area contributed by atoms with Gasteiger partial charge in [0.1, 0.15) is 5.75 Å². The number of rotatable bonds is 4. The van der Waals surface area contributed by atoms with E-state index in [0.29, 0.717) is 5.91 Å². The van der Waals surface area contributed by atoms with Crippen molar-refractivity contribution in [3.63, 3.8) is 0 Å². The molecule has 1 N–H and O–H groups in total. The third kappa shape index (κ3) is 4.45. The molecule has 5 rings (SSSR count). The summed E-state index contributed by atoms with van der Waals surface area (Å²) in [5.41, 5.74) is 3.04. The van der Waals surface area contributed by atoms with Gasteiger partial charge in [-0.3, -0.25) is 9.69 Å². The summed E-state index contributed by atoms with van der Waals surface area (Å²) in [7, 11) is 1.66. The fourth-order valence-electron chi connectivity index (χ4n) is 5.73. The fraction of sp³-hybridized carbons (Fsp3) is 0.483. The minimum atomic E-state index is 0.120. The van der Waals surface area contributed by atoms with Crippen LogP contribution in [0.25, 0.3) is 0 Å². The molecule has 1 aliphatic carbocycles. The van der Waals surface area contributed by atoms with E-state index in [4.69, 9.17) is 4.74 Å². The van der Waals surface area contributed by atoms with Crippen molar-refractivity contribution < 1.29 is 14.6 Å².